The molecule has 0 saturated carbocycles. The predicted octanol–water partition coefficient (Wildman–Crippen LogP) is 7.27. The molecule has 2 atom stereocenters. The van der Waals surface area contributed by atoms with Crippen molar-refractivity contribution in [3.8, 4) is 32.6 Å². The molecular weight excluding hydrogens is 797 g/mol. The minimum Gasteiger partial charge on any atom is -0.438 e. The van der Waals surface area contributed by atoms with Crippen LogP contribution in [0, 0.1) is 0 Å². The number of benzene rings is 2. The molecule has 56 heavy (non-hydrogen) atoms. The summed E-state index contributed by atoms with van der Waals surface area (Å²) in [5, 5.41) is 9.89. The number of pyridine rings is 2. The summed E-state index contributed by atoms with van der Waals surface area (Å²) in [6.07, 6.45) is 9.38. The van der Waals surface area contributed by atoms with Crippen LogP contribution in [0.25, 0.3) is 21.1 Å². The standard InChI is InChI=1S/2C19H17N3O4S2/c2*1-19(15-12-21-18(27-15)13-6-4-3-5-7-13)10-16(22-26-19)25-14-8-9-17(20-11-14)28(2,23)24/h2*3-9,11-12H,10H2,1-2H3/t2*19-/m10/s1. The molecule has 288 valence electrons. The first-order valence-corrected chi connectivity index (χ1v) is 22.3. The van der Waals surface area contributed by atoms with Crippen LogP contribution in [0.3, 0.4) is 0 Å². The third kappa shape index (κ3) is 8.94. The summed E-state index contributed by atoms with van der Waals surface area (Å²) in [7, 11) is -6.70. The van der Waals surface area contributed by atoms with Gasteiger partial charge in [-0.2, -0.15) is 0 Å². The Bertz CT molecular complexity index is 2430. The van der Waals surface area contributed by atoms with Crippen LogP contribution in [0.2, 0.25) is 0 Å². The van der Waals surface area contributed by atoms with Crippen LogP contribution in [-0.2, 0) is 40.6 Å². The Morgan fingerprint density at radius 3 is 1.29 bits per heavy atom. The predicted molar refractivity (Wildman–Crippen MR) is 212 cm³/mol. The van der Waals surface area contributed by atoms with Gasteiger partial charge in [-0.05, 0) is 38.1 Å². The third-order valence-corrected chi connectivity index (χ3v) is 13.0. The second kappa shape index (κ2) is 15.5. The van der Waals surface area contributed by atoms with Gasteiger partial charge in [-0.3, -0.25) is 0 Å². The smallest absolute Gasteiger partial charge is 0.235 e. The van der Waals surface area contributed by atoms with E-state index < -0.39 is 30.9 Å². The first kappa shape index (κ1) is 38.7. The molecule has 6 heterocycles. The second-order valence-electron chi connectivity index (χ2n) is 13.2. The monoisotopic (exact) mass is 830 g/mol. The number of oxime groups is 2. The molecule has 0 bridgehead atoms. The highest BCUT2D eigenvalue weighted by Gasteiger charge is 2.40. The molecule has 0 unspecified atom stereocenters. The quantitative estimate of drug-likeness (QED) is 0.150. The van der Waals surface area contributed by atoms with Gasteiger partial charge in [0.1, 0.15) is 21.5 Å². The zero-order valence-electron chi connectivity index (χ0n) is 30.4. The number of ether oxygens (including phenoxy) is 2. The van der Waals surface area contributed by atoms with Crippen LogP contribution >= 0.6 is 22.7 Å². The van der Waals surface area contributed by atoms with Crippen molar-refractivity contribution >= 4 is 54.1 Å². The lowest BCUT2D eigenvalue weighted by Crippen LogP contribution is -2.21. The lowest BCUT2D eigenvalue weighted by molar-refractivity contribution is -0.00483. The van der Waals surface area contributed by atoms with E-state index in [-0.39, 0.29) is 10.1 Å². The summed E-state index contributed by atoms with van der Waals surface area (Å²) >= 11 is 3.10. The van der Waals surface area contributed by atoms with Gasteiger partial charge in [0, 0.05) is 36.0 Å². The van der Waals surface area contributed by atoms with E-state index in [1.807, 2.05) is 74.5 Å². The maximum Gasteiger partial charge on any atom is 0.235 e. The summed E-state index contributed by atoms with van der Waals surface area (Å²) in [4.78, 5) is 30.0. The van der Waals surface area contributed by atoms with Crippen LogP contribution in [0.15, 0.2) is 130 Å². The fourth-order valence-corrected chi connectivity index (χ4v) is 8.53. The number of hydrogen-bond acceptors (Lipinski definition) is 16. The summed E-state index contributed by atoms with van der Waals surface area (Å²) < 4.78 is 57.3. The largest absolute Gasteiger partial charge is 0.438 e. The third-order valence-electron chi connectivity index (χ3n) is 8.42. The van der Waals surface area contributed by atoms with E-state index in [4.69, 9.17) is 19.1 Å². The number of hydrogen-bond donors (Lipinski definition) is 0. The molecule has 0 spiro atoms. The van der Waals surface area contributed by atoms with Crippen LogP contribution in [0.5, 0.6) is 11.5 Å². The van der Waals surface area contributed by atoms with E-state index in [2.05, 4.69) is 30.2 Å². The van der Waals surface area contributed by atoms with Crippen molar-refractivity contribution in [2.24, 2.45) is 10.3 Å². The first-order chi connectivity index (χ1) is 26.7. The number of sulfone groups is 2. The van der Waals surface area contributed by atoms with Gasteiger partial charge in [-0.15, -0.1) is 22.7 Å². The van der Waals surface area contributed by atoms with Crippen LogP contribution in [0.1, 0.15) is 36.4 Å². The average molecular weight is 831 g/mol. The van der Waals surface area contributed by atoms with E-state index in [1.54, 1.807) is 47.2 Å². The lowest BCUT2D eigenvalue weighted by atomic mass is 10.0. The topological polar surface area (TPSA) is 181 Å². The van der Waals surface area contributed by atoms with Crippen molar-refractivity contribution in [3.63, 3.8) is 0 Å². The van der Waals surface area contributed by atoms with Crippen molar-refractivity contribution in [2.75, 3.05) is 12.5 Å². The van der Waals surface area contributed by atoms with Crippen molar-refractivity contribution < 1.29 is 36.0 Å². The summed E-state index contributed by atoms with van der Waals surface area (Å²) in [5.74, 6) is 1.58. The lowest BCUT2D eigenvalue weighted by Gasteiger charge is -2.18. The minimum absolute atomic E-state index is 0.00704. The van der Waals surface area contributed by atoms with Gasteiger partial charge in [-0.1, -0.05) is 71.0 Å². The zero-order chi connectivity index (χ0) is 39.6. The Morgan fingerprint density at radius 2 is 0.946 bits per heavy atom. The van der Waals surface area contributed by atoms with Crippen molar-refractivity contribution in [1.82, 2.24) is 19.9 Å². The molecule has 0 radical (unpaired) electrons. The maximum absolute atomic E-state index is 11.5. The van der Waals surface area contributed by atoms with Crippen LogP contribution < -0.4 is 9.47 Å². The molecule has 4 aromatic heterocycles. The van der Waals surface area contributed by atoms with Gasteiger partial charge in [0.2, 0.25) is 11.8 Å². The highest BCUT2D eigenvalue weighted by Crippen LogP contribution is 2.41. The molecule has 8 rings (SSSR count). The summed E-state index contributed by atoms with van der Waals surface area (Å²) in [6.45, 7) is 3.86. The van der Waals surface area contributed by atoms with E-state index in [1.165, 1.54) is 24.5 Å². The fourth-order valence-electron chi connectivity index (χ4n) is 5.41. The Kier molecular flexibility index (Phi) is 10.7. The van der Waals surface area contributed by atoms with E-state index in [9.17, 15) is 16.8 Å². The molecule has 18 heteroatoms. The molecule has 14 nitrogen and oxygen atoms in total. The van der Waals surface area contributed by atoms with Gasteiger partial charge in [-0.25, -0.2) is 36.8 Å². The minimum atomic E-state index is -3.35. The van der Waals surface area contributed by atoms with E-state index in [0.717, 1.165) is 43.4 Å². The second-order valence-corrected chi connectivity index (χ2v) is 19.2. The molecule has 0 N–H and O–H groups in total. The van der Waals surface area contributed by atoms with Crippen molar-refractivity contribution in [1.29, 1.82) is 0 Å². The van der Waals surface area contributed by atoms with E-state index >= 15 is 0 Å². The SMILES string of the molecule is C[C@@]1(c2cnc(-c3ccccc3)s2)CC(Oc2ccc(S(C)(=O)=O)nc2)=NO1.C[C@]1(c2cnc(-c3ccccc3)s2)CC(Oc2ccc(S(C)(=O)=O)nc2)=NO1. The Hall–Kier alpha value is -5.56. The van der Waals surface area contributed by atoms with Gasteiger partial charge in [0.05, 0.1) is 35.0 Å². The fraction of sp³-hybridized carbons (Fsp3) is 0.211. The van der Waals surface area contributed by atoms with E-state index in [0.29, 0.717) is 36.1 Å². The van der Waals surface area contributed by atoms with Gasteiger partial charge >= 0.3 is 0 Å². The Labute approximate surface area is 331 Å². The summed E-state index contributed by atoms with van der Waals surface area (Å²) in [5.41, 5.74) is 0.768. The molecule has 0 fully saturated rings. The molecule has 6 aromatic rings. The van der Waals surface area contributed by atoms with Crippen LogP contribution in [0.4, 0.5) is 0 Å². The highest BCUT2D eigenvalue weighted by molar-refractivity contribution is 7.90. The Morgan fingerprint density at radius 1 is 0.554 bits per heavy atom. The maximum atomic E-state index is 11.5. The molecule has 0 amide bonds. The van der Waals surface area contributed by atoms with Gasteiger partial charge in [0.25, 0.3) is 0 Å². The zero-order valence-corrected chi connectivity index (χ0v) is 33.7. The highest BCUT2D eigenvalue weighted by atomic mass is 32.2. The number of aromatic nitrogens is 4. The molecule has 0 saturated heterocycles. The average Bonchev–Trinajstić information content (AvgIpc) is 4.01. The van der Waals surface area contributed by atoms with Gasteiger partial charge in [0.15, 0.2) is 40.9 Å². The number of rotatable bonds is 8. The van der Waals surface area contributed by atoms with Crippen molar-refractivity contribution in [3.05, 3.63) is 119 Å². The van der Waals surface area contributed by atoms with Crippen molar-refractivity contribution in [2.45, 2.75) is 47.9 Å². The summed E-state index contributed by atoms with van der Waals surface area (Å²) in [6, 6.07) is 25.8. The molecular formula is C38H34N6O8S4. The first-order valence-electron chi connectivity index (χ1n) is 16.9. The normalized spacial score (nSPS) is 19.1. The van der Waals surface area contributed by atoms with Crippen LogP contribution in [-0.4, -0.2) is 61.1 Å². The number of thiazole rings is 2. The van der Waals surface area contributed by atoms with Gasteiger partial charge < -0.3 is 19.1 Å². The molecule has 2 aromatic carbocycles. The molecule has 2 aliphatic rings. The molecule has 2 aliphatic heterocycles. The number of nitrogens with zero attached hydrogens (tertiary/aromatic N) is 6. The Balaban J connectivity index is 0.000000172. The molecule has 0 aliphatic carbocycles.